The summed E-state index contributed by atoms with van der Waals surface area (Å²) in [4.78, 5) is 0. The van der Waals surface area contributed by atoms with E-state index < -0.39 is 0 Å². The van der Waals surface area contributed by atoms with Crippen LogP contribution >= 0.6 is 24.8 Å². The van der Waals surface area contributed by atoms with Gasteiger partial charge in [-0.15, -0.1) is 24.8 Å². The molecule has 0 saturated heterocycles. The Morgan fingerprint density at radius 1 is 0.909 bits per heavy atom. The molecule has 1 aromatic rings. The van der Waals surface area contributed by atoms with E-state index in [1.54, 1.807) is 0 Å². The van der Waals surface area contributed by atoms with Gasteiger partial charge in [-0.3, -0.25) is 0 Å². The van der Waals surface area contributed by atoms with Gasteiger partial charge in [0.15, 0.2) is 0 Å². The predicted molar refractivity (Wildman–Crippen MR) is 57.9 cm³/mol. The molecule has 0 radical (unpaired) electrons. The van der Waals surface area contributed by atoms with E-state index in [1.165, 1.54) is 0 Å². The second-order valence-corrected chi connectivity index (χ2v) is 0.962. The van der Waals surface area contributed by atoms with Crippen molar-refractivity contribution < 1.29 is 19.2 Å². The molecule has 1 aromatic carbocycles. The molecule has 0 saturated carbocycles. The maximum absolute atomic E-state index is 2.03. The van der Waals surface area contributed by atoms with Crippen LogP contribution in [0.25, 0.3) is 0 Å². The van der Waals surface area contributed by atoms with Gasteiger partial charge in [0, 0.05) is 0 Å². The maximum Gasteiger partial charge on any atom is -0.172 e. The third-order valence-electron chi connectivity index (χ3n) is 0.556. The second kappa shape index (κ2) is 30.7. The molecule has 0 aliphatic heterocycles. The summed E-state index contributed by atoms with van der Waals surface area (Å²) < 4.78 is 0. The van der Waals surface area contributed by atoms with Crippen LogP contribution in [-0.4, -0.2) is 7.63 Å². The third-order valence-corrected chi connectivity index (χ3v) is 0.556. The molecule has 0 amide bonds. The SMILES string of the molecule is Cl.Cl.[CH3-].[CH3-].[SiH2]=[Ti].c1cc[cH-]c1. The molecule has 0 unspecified atom stereocenters. The zero-order valence-electron chi connectivity index (χ0n) is 6.91. The van der Waals surface area contributed by atoms with Crippen molar-refractivity contribution in [2.45, 2.75) is 0 Å². The van der Waals surface area contributed by atoms with Crippen molar-refractivity contribution in [2.75, 3.05) is 0 Å². The molecule has 0 bridgehead atoms. The van der Waals surface area contributed by atoms with Gasteiger partial charge in [0.05, 0.1) is 0 Å². The van der Waals surface area contributed by atoms with Gasteiger partial charge in [0.1, 0.15) is 0 Å². The van der Waals surface area contributed by atoms with Crippen molar-refractivity contribution in [1.29, 1.82) is 0 Å². The van der Waals surface area contributed by atoms with Crippen molar-refractivity contribution in [3.8, 4) is 0 Å². The maximum atomic E-state index is 2.03. The quantitative estimate of drug-likeness (QED) is 0.486. The molecular weight excluding hydrogens is 231 g/mol. The molecule has 0 spiro atoms. The van der Waals surface area contributed by atoms with Crippen molar-refractivity contribution >= 4 is 32.4 Å². The van der Waals surface area contributed by atoms with Gasteiger partial charge >= 0.3 is 26.8 Å². The van der Waals surface area contributed by atoms with E-state index in [9.17, 15) is 0 Å². The van der Waals surface area contributed by atoms with E-state index in [-0.39, 0.29) is 39.7 Å². The van der Waals surface area contributed by atoms with Crippen molar-refractivity contribution in [1.82, 2.24) is 0 Å². The van der Waals surface area contributed by atoms with Crippen LogP contribution in [0.4, 0.5) is 0 Å². The zero-order chi connectivity index (χ0) is 5.54. The Bertz CT molecular complexity index is 83.3. The molecule has 0 aliphatic carbocycles. The Labute approximate surface area is 96.4 Å². The van der Waals surface area contributed by atoms with Gasteiger partial charge in [-0.2, -0.15) is 18.2 Å². The monoisotopic (exact) mass is 245 g/mol. The largest absolute Gasteiger partial charge is 0.214 e. The number of hydrogen-bond acceptors (Lipinski definition) is 0. The Morgan fingerprint density at radius 2 is 1.18 bits per heavy atom. The fraction of sp³-hybridized carbons (Fsp3) is 0. The van der Waals surface area contributed by atoms with Gasteiger partial charge in [-0.1, -0.05) is 0 Å². The molecule has 0 N–H and O–H groups in total. The van der Waals surface area contributed by atoms with Gasteiger partial charge in [0.25, 0.3) is 0 Å². The van der Waals surface area contributed by atoms with E-state index in [4.69, 9.17) is 0 Å². The second-order valence-electron chi connectivity index (χ2n) is 0.962. The first-order chi connectivity index (χ1) is 3.50. The van der Waals surface area contributed by atoms with Crippen LogP contribution in [0.2, 0.25) is 0 Å². The minimum atomic E-state index is 0. The molecule has 0 atom stereocenters. The fourth-order valence-electron chi connectivity index (χ4n) is 0.321. The van der Waals surface area contributed by atoms with Crippen LogP contribution in [0.3, 0.4) is 0 Å². The average Bonchev–Trinajstić information content (AvgIpc) is 2.23. The number of halogens is 2. The molecule has 0 fully saturated rings. The summed E-state index contributed by atoms with van der Waals surface area (Å²) in [6.07, 6.45) is 0. The molecular formula is C7H15Cl2SiTi-3. The normalized spacial score (nSPS) is 3.91. The van der Waals surface area contributed by atoms with Gasteiger partial charge in [-0.05, 0) is 0 Å². The standard InChI is InChI=1S/C5H5.2CH3.2ClH.H2Si.Ti/c1-2-4-5-3-1;;;;;;/h1-5H;2*1H3;2*1H;1H2;/q3*-1;;;;. The molecule has 68 valence electrons. The summed E-state index contributed by atoms with van der Waals surface area (Å²) in [6, 6.07) is 10.0. The Balaban J connectivity index is -0.0000000189. The first-order valence-electron chi connectivity index (χ1n) is 2.02. The van der Waals surface area contributed by atoms with E-state index in [0.29, 0.717) is 0 Å². The summed E-state index contributed by atoms with van der Waals surface area (Å²) in [5.74, 6) is 0. The smallest absolute Gasteiger partial charge is 0.172 e. The average molecular weight is 246 g/mol. The summed E-state index contributed by atoms with van der Waals surface area (Å²) in [5, 5.41) is 0. The minimum absolute atomic E-state index is 0. The molecule has 0 aliphatic rings. The van der Waals surface area contributed by atoms with Gasteiger partial charge in [0.2, 0.25) is 0 Å². The Hall–Kier alpha value is 0.861. The minimum Gasteiger partial charge on any atom is -0.214 e. The predicted octanol–water partition coefficient (Wildman–Crippen LogP) is 2.23. The molecule has 11 heavy (non-hydrogen) atoms. The van der Waals surface area contributed by atoms with Gasteiger partial charge in [-0.25, -0.2) is 12.1 Å². The summed E-state index contributed by atoms with van der Waals surface area (Å²) in [6.45, 7) is 0. The Morgan fingerprint density at radius 3 is 1.27 bits per heavy atom. The molecule has 0 nitrogen and oxygen atoms in total. The van der Waals surface area contributed by atoms with Crippen LogP contribution in [0.1, 0.15) is 0 Å². The van der Waals surface area contributed by atoms with Crippen LogP contribution in [-0.2, 0) is 19.2 Å². The molecule has 0 aromatic heterocycles. The summed E-state index contributed by atoms with van der Waals surface area (Å²) in [5.41, 5.74) is 0. The van der Waals surface area contributed by atoms with Crippen molar-refractivity contribution in [3.05, 3.63) is 45.2 Å². The summed E-state index contributed by atoms with van der Waals surface area (Å²) >= 11 is 2.03. The van der Waals surface area contributed by atoms with Crippen molar-refractivity contribution in [3.63, 3.8) is 0 Å². The summed E-state index contributed by atoms with van der Waals surface area (Å²) in [7, 11) is 1.86. The van der Waals surface area contributed by atoms with Crippen LogP contribution in [0, 0.1) is 14.9 Å². The van der Waals surface area contributed by atoms with E-state index in [2.05, 4.69) is 0 Å². The van der Waals surface area contributed by atoms with Crippen LogP contribution in [0.5, 0.6) is 0 Å². The van der Waals surface area contributed by atoms with Crippen LogP contribution < -0.4 is 0 Å². The van der Waals surface area contributed by atoms with E-state index >= 15 is 0 Å². The third kappa shape index (κ3) is 24.8. The number of rotatable bonds is 0. The molecule has 4 heteroatoms. The Kier molecular flexibility index (Phi) is 83.1. The van der Waals surface area contributed by atoms with E-state index in [0.717, 1.165) is 0 Å². The van der Waals surface area contributed by atoms with E-state index in [1.807, 2.05) is 57.1 Å². The van der Waals surface area contributed by atoms with Gasteiger partial charge < -0.3 is 14.9 Å². The zero-order valence-corrected chi connectivity index (χ0v) is 11.5. The first kappa shape index (κ1) is 29.7. The topological polar surface area (TPSA) is 0 Å². The molecule has 1 rings (SSSR count). The fourth-order valence-corrected chi connectivity index (χ4v) is 0.321. The number of hydrogen-bond donors (Lipinski definition) is 0. The van der Waals surface area contributed by atoms with Crippen LogP contribution in [0.15, 0.2) is 30.3 Å². The molecule has 0 heterocycles. The van der Waals surface area contributed by atoms with Crippen molar-refractivity contribution in [2.24, 2.45) is 0 Å². The first-order valence-corrected chi connectivity index (χ1v) is 6.04.